The van der Waals surface area contributed by atoms with Gasteiger partial charge in [0.05, 0.1) is 13.2 Å². The van der Waals surface area contributed by atoms with Crippen molar-refractivity contribution in [3.05, 3.63) is 0 Å². The number of ether oxygens (including phenoxy) is 1. The van der Waals surface area contributed by atoms with Gasteiger partial charge in [0.25, 0.3) is 0 Å². The second-order valence-electron chi connectivity index (χ2n) is 5.11. The maximum atomic E-state index is 5.64. The first-order valence-electron chi connectivity index (χ1n) is 5.47. The third-order valence-corrected chi connectivity index (χ3v) is 2.04. The first-order chi connectivity index (χ1) is 6.49. The van der Waals surface area contributed by atoms with Gasteiger partial charge in [0, 0.05) is 0 Å². The summed E-state index contributed by atoms with van der Waals surface area (Å²) in [4.78, 5) is 0. The van der Waals surface area contributed by atoms with Crippen molar-refractivity contribution in [3.63, 3.8) is 0 Å². The van der Waals surface area contributed by atoms with Crippen LogP contribution in [0.15, 0.2) is 0 Å². The van der Waals surface area contributed by atoms with Crippen molar-refractivity contribution in [2.75, 3.05) is 26.3 Å². The van der Waals surface area contributed by atoms with Crippen molar-refractivity contribution in [2.24, 2.45) is 22.8 Å². The fraction of sp³-hybridized carbons (Fsp3) is 1.00. The maximum absolute atomic E-state index is 5.64. The molecular formula is C11H26N2O. The Morgan fingerprint density at radius 2 is 1.86 bits per heavy atom. The van der Waals surface area contributed by atoms with Crippen LogP contribution in [0.4, 0.5) is 0 Å². The smallest absolute Gasteiger partial charge is 0.0514 e. The van der Waals surface area contributed by atoms with Gasteiger partial charge in [-0.05, 0) is 37.3 Å². The molecule has 0 aromatic carbocycles. The summed E-state index contributed by atoms with van der Waals surface area (Å²) in [6.45, 7) is 9.53. The Hall–Kier alpha value is -0.120. The van der Waals surface area contributed by atoms with Crippen LogP contribution in [-0.4, -0.2) is 26.3 Å². The van der Waals surface area contributed by atoms with E-state index >= 15 is 0 Å². The first kappa shape index (κ1) is 13.9. The summed E-state index contributed by atoms with van der Waals surface area (Å²) in [5.74, 6) is 0.473. The fourth-order valence-corrected chi connectivity index (χ4v) is 1.21. The van der Waals surface area contributed by atoms with Crippen molar-refractivity contribution < 1.29 is 4.74 Å². The van der Waals surface area contributed by atoms with Crippen LogP contribution in [0.1, 0.15) is 33.6 Å². The molecule has 1 atom stereocenters. The Morgan fingerprint density at radius 3 is 2.29 bits per heavy atom. The summed E-state index contributed by atoms with van der Waals surface area (Å²) in [7, 11) is 0. The van der Waals surface area contributed by atoms with E-state index in [2.05, 4.69) is 20.8 Å². The summed E-state index contributed by atoms with van der Waals surface area (Å²) < 4.78 is 5.63. The van der Waals surface area contributed by atoms with E-state index in [0.29, 0.717) is 12.5 Å². The molecule has 0 aliphatic carbocycles. The lowest BCUT2D eigenvalue weighted by molar-refractivity contribution is 0.0471. The van der Waals surface area contributed by atoms with Crippen LogP contribution < -0.4 is 11.5 Å². The standard InChI is InChI=1S/C11H26N2O/c1-11(2,3)9-14-8-10(7-13)5-4-6-12/h10H,4-9,12-13H2,1-3H3. The van der Waals surface area contributed by atoms with E-state index < -0.39 is 0 Å². The van der Waals surface area contributed by atoms with Crippen molar-refractivity contribution in [1.82, 2.24) is 0 Å². The molecule has 0 aromatic heterocycles. The number of rotatable bonds is 7. The summed E-state index contributed by atoms with van der Waals surface area (Å²) in [5.41, 5.74) is 11.3. The van der Waals surface area contributed by atoms with E-state index in [0.717, 1.165) is 32.6 Å². The van der Waals surface area contributed by atoms with Gasteiger partial charge in [0.15, 0.2) is 0 Å². The molecule has 0 aromatic rings. The van der Waals surface area contributed by atoms with Gasteiger partial charge < -0.3 is 16.2 Å². The quantitative estimate of drug-likeness (QED) is 0.655. The molecule has 4 N–H and O–H groups in total. The van der Waals surface area contributed by atoms with Gasteiger partial charge in [-0.2, -0.15) is 0 Å². The minimum absolute atomic E-state index is 0.243. The molecular weight excluding hydrogens is 176 g/mol. The number of nitrogens with two attached hydrogens (primary N) is 2. The molecule has 0 heterocycles. The zero-order chi connectivity index (χ0) is 11.0. The Labute approximate surface area is 88.2 Å². The van der Waals surface area contributed by atoms with Gasteiger partial charge in [0.1, 0.15) is 0 Å². The Bertz CT molecular complexity index is 132. The summed E-state index contributed by atoms with van der Waals surface area (Å²) >= 11 is 0. The van der Waals surface area contributed by atoms with Crippen LogP contribution >= 0.6 is 0 Å². The highest BCUT2D eigenvalue weighted by atomic mass is 16.5. The molecule has 0 amide bonds. The summed E-state index contributed by atoms with van der Waals surface area (Å²) in [6.07, 6.45) is 2.12. The molecule has 1 unspecified atom stereocenters. The SMILES string of the molecule is CC(C)(C)COCC(CN)CCCN. The highest BCUT2D eigenvalue weighted by Gasteiger charge is 2.12. The highest BCUT2D eigenvalue weighted by Crippen LogP contribution is 2.14. The summed E-state index contributed by atoms with van der Waals surface area (Å²) in [5, 5.41) is 0. The van der Waals surface area contributed by atoms with E-state index in [1.54, 1.807) is 0 Å². The third-order valence-electron chi connectivity index (χ3n) is 2.04. The number of hydrogen-bond acceptors (Lipinski definition) is 3. The maximum Gasteiger partial charge on any atom is 0.0514 e. The van der Waals surface area contributed by atoms with E-state index in [4.69, 9.17) is 16.2 Å². The highest BCUT2D eigenvalue weighted by molar-refractivity contribution is 4.63. The van der Waals surface area contributed by atoms with Crippen LogP contribution in [0.25, 0.3) is 0 Å². The largest absolute Gasteiger partial charge is 0.381 e. The lowest BCUT2D eigenvalue weighted by atomic mass is 9.98. The molecule has 0 bridgehead atoms. The Morgan fingerprint density at radius 1 is 1.21 bits per heavy atom. The average Bonchev–Trinajstić information content (AvgIpc) is 2.09. The molecule has 3 nitrogen and oxygen atoms in total. The first-order valence-corrected chi connectivity index (χ1v) is 5.47. The lowest BCUT2D eigenvalue weighted by Gasteiger charge is -2.21. The molecule has 0 aliphatic heterocycles. The Balaban J connectivity index is 3.52. The lowest BCUT2D eigenvalue weighted by Crippen LogP contribution is -2.24. The van der Waals surface area contributed by atoms with Gasteiger partial charge in [-0.15, -0.1) is 0 Å². The van der Waals surface area contributed by atoms with Crippen LogP contribution in [0, 0.1) is 11.3 Å². The number of hydrogen-bond donors (Lipinski definition) is 2. The van der Waals surface area contributed by atoms with E-state index in [1.807, 2.05) is 0 Å². The summed E-state index contributed by atoms with van der Waals surface area (Å²) in [6, 6.07) is 0. The van der Waals surface area contributed by atoms with Crippen LogP contribution in [0.5, 0.6) is 0 Å². The van der Waals surface area contributed by atoms with Gasteiger partial charge in [0.2, 0.25) is 0 Å². The second kappa shape index (κ2) is 7.21. The van der Waals surface area contributed by atoms with Gasteiger partial charge in [-0.3, -0.25) is 0 Å². The topological polar surface area (TPSA) is 61.3 Å². The Kier molecular flexibility index (Phi) is 7.15. The van der Waals surface area contributed by atoms with Crippen molar-refractivity contribution in [3.8, 4) is 0 Å². The van der Waals surface area contributed by atoms with Crippen LogP contribution in [-0.2, 0) is 4.74 Å². The predicted octanol–water partition coefficient (Wildman–Crippen LogP) is 1.36. The molecule has 0 saturated heterocycles. The molecule has 3 heteroatoms. The second-order valence-corrected chi connectivity index (χ2v) is 5.11. The molecule has 0 saturated carbocycles. The molecule has 0 aliphatic rings. The van der Waals surface area contributed by atoms with Gasteiger partial charge >= 0.3 is 0 Å². The molecule has 14 heavy (non-hydrogen) atoms. The molecule has 0 radical (unpaired) electrons. The minimum Gasteiger partial charge on any atom is -0.381 e. The van der Waals surface area contributed by atoms with Gasteiger partial charge in [-0.1, -0.05) is 20.8 Å². The van der Waals surface area contributed by atoms with Crippen molar-refractivity contribution >= 4 is 0 Å². The normalized spacial score (nSPS) is 14.4. The zero-order valence-electron chi connectivity index (χ0n) is 9.88. The van der Waals surface area contributed by atoms with Crippen molar-refractivity contribution in [2.45, 2.75) is 33.6 Å². The van der Waals surface area contributed by atoms with E-state index in [-0.39, 0.29) is 5.41 Å². The average molecular weight is 202 g/mol. The molecule has 0 rings (SSSR count). The minimum atomic E-state index is 0.243. The van der Waals surface area contributed by atoms with Crippen LogP contribution in [0.2, 0.25) is 0 Å². The third kappa shape index (κ3) is 8.48. The van der Waals surface area contributed by atoms with E-state index in [1.165, 1.54) is 0 Å². The molecule has 0 fully saturated rings. The van der Waals surface area contributed by atoms with E-state index in [9.17, 15) is 0 Å². The van der Waals surface area contributed by atoms with Crippen molar-refractivity contribution in [1.29, 1.82) is 0 Å². The monoisotopic (exact) mass is 202 g/mol. The molecule has 0 spiro atoms. The van der Waals surface area contributed by atoms with Crippen LogP contribution in [0.3, 0.4) is 0 Å². The molecule has 86 valence electrons. The predicted molar refractivity (Wildman–Crippen MR) is 61.1 cm³/mol. The fourth-order valence-electron chi connectivity index (χ4n) is 1.21. The zero-order valence-corrected chi connectivity index (χ0v) is 9.88. The van der Waals surface area contributed by atoms with Gasteiger partial charge in [-0.25, -0.2) is 0 Å².